The SMILES string of the molecule is CCc1c(C)cc2c(c1-c1ccc(C)cc1)CCN2C(=O)c1cccc(F)c1F. The van der Waals surface area contributed by atoms with Gasteiger partial charge in [0.05, 0.1) is 5.56 Å². The highest BCUT2D eigenvalue weighted by Crippen LogP contribution is 2.41. The van der Waals surface area contributed by atoms with Crippen LogP contribution in [0.15, 0.2) is 48.5 Å². The van der Waals surface area contributed by atoms with Gasteiger partial charge in [-0.3, -0.25) is 4.79 Å². The van der Waals surface area contributed by atoms with Crippen LogP contribution in [0.2, 0.25) is 0 Å². The van der Waals surface area contributed by atoms with Gasteiger partial charge in [0.15, 0.2) is 11.6 Å². The lowest BCUT2D eigenvalue weighted by Gasteiger charge is -2.21. The third-order valence-corrected chi connectivity index (χ3v) is 5.74. The van der Waals surface area contributed by atoms with Crippen LogP contribution in [0.5, 0.6) is 0 Å². The van der Waals surface area contributed by atoms with Gasteiger partial charge < -0.3 is 4.90 Å². The summed E-state index contributed by atoms with van der Waals surface area (Å²) in [7, 11) is 0. The van der Waals surface area contributed by atoms with Gasteiger partial charge in [0, 0.05) is 12.2 Å². The van der Waals surface area contributed by atoms with Crippen molar-refractivity contribution < 1.29 is 13.6 Å². The molecule has 2 nitrogen and oxygen atoms in total. The van der Waals surface area contributed by atoms with Crippen LogP contribution in [0.3, 0.4) is 0 Å². The van der Waals surface area contributed by atoms with Crippen LogP contribution in [0.1, 0.15) is 39.5 Å². The molecule has 4 heteroatoms. The van der Waals surface area contributed by atoms with Crippen molar-refractivity contribution in [3.8, 4) is 11.1 Å². The molecule has 0 fully saturated rings. The Labute approximate surface area is 169 Å². The van der Waals surface area contributed by atoms with Crippen LogP contribution < -0.4 is 4.90 Å². The lowest BCUT2D eigenvalue weighted by atomic mass is 9.88. The number of amides is 1. The van der Waals surface area contributed by atoms with E-state index in [9.17, 15) is 13.6 Å². The van der Waals surface area contributed by atoms with E-state index in [2.05, 4.69) is 38.1 Å². The van der Waals surface area contributed by atoms with Crippen molar-refractivity contribution in [1.82, 2.24) is 0 Å². The van der Waals surface area contributed by atoms with Gasteiger partial charge in [-0.25, -0.2) is 8.78 Å². The van der Waals surface area contributed by atoms with Crippen LogP contribution in [0, 0.1) is 25.5 Å². The molecule has 1 heterocycles. The topological polar surface area (TPSA) is 20.3 Å². The molecule has 0 unspecified atom stereocenters. The number of rotatable bonds is 3. The Morgan fingerprint density at radius 3 is 2.48 bits per heavy atom. The summed E-state index contributed by atoms with van der Waals surface area (Å²) in [4.78, 5) is 14.6. The zero-order chi connectivity index (χ0) is 20.7. The van der Waals surface area contributed by atoms with E-state index in [1.807, 2.05) is 13.0 Å². The van der Waals surface area contributed by atoms with E-state index in [0.29, 0.717) is 13.0 Å². The molecule has 0 saturated carbocycles. The summed E-state index contributed by atoms with van der Waals surface area (Å²) in [6.07, 6.45) is 1.57. The molecule has 0 saturated heterocycles. The number of benzene rings is 3. The summed E-state index contributed by atoms with van der Waals surface area (Å²) in [6.45, 7) is 6.68. The van der Waals surface area contributed by atoms with Crippen LogP contribution in [0.25, 0.3) is 11.1 Å². The second-order valence-corrected chi connectivity index (χ2v) is 7.57. The first-order valence-electron chi connectivity index (χ1n) is 9.90. The molecule has 0 N–H and O–H groups in total. The smallest absolute Gasteiger partial charge is 0.261 e. The molecule has 0 atom stereocenters. The van der Waals surface area contributed by atoms with E-state index in [4.69, 9.17) is 0 Å². The van der Waals surface area contributed by atoms with Crippen LogP contribution >= 0.6 is 0 Å². The summed E-state index contributed by atoms with van der Waals surface area (Å²) in [5.74, 6) is -2.60. The first-order valence-corrected chi connectivity index (χ1v) is 9.90. The molecule has 1 amide bonds. The molecule has 0 aromatic heterocycles. The summed E-state index contributed by atoms with van der Waals surface area (Å²) in [5.41, 5.74) is 7.50. The van der Waals surface area contributed by atoms with Crippen molar-refractivity contribution in [2.75, 3.05) is 11.4 Å². The van der Waals surface area contributed by atoms with E-state index < -0.39 is 17.5 Å². The van der Waals surface area contributed by atoms with Gasteiger partial charge in [0.25, 0.3) is 5.91 Å². The number of fused-ring (bicyclic) bond motifs is 1. The second-order valence-electron chi connectivity index (χ2n) is 7.57. The quantitative estimate of drug-likeness (QED) is 0.535. The highest BCUT2D eigenvalue weighted by Gasteiger charge is 2.31. The number of hydrogen-bond acceptors (Lipinski definition) is 1. The molecule has 3 aromatic rings. The fraction of sp³-hybridized carbons (Fsp3) is 0.240. The monoisotopic (exact) mass is 391 g/mol. The number of nitrogens with zero attached hydrogens (tertiary/aromatic N) is 1. The number of aryl methyl sites for hydroxylation is 2. The molecule has 0 aliphatic carbocycles. The Bertz CT molecular complexity index is 1100. The van der Waals surface area contributed by atoms with Crippen molar-refractivity contribution in [3.05, 3.63) is 88.0 Å². The van der Waals surface area contributed by atoms with Gasteiger partial charge in [-0.1, -0.05) is 42.8 Å². The summed E-state index contributed by atoms with van der Waals surface area (Å²) >= 11 is 0. The molecule has 3 aromatic carbocycles. The summed E-state index contributed by atoms with van der Waals surface area (Å²) < 4.78 is 27.9. The van der Waals surface area contributed by atoms with Crippen molar-refractivity contribution in [2.24, 2.45) is 0 Å². The Kier molecular flexibility index (Phi) is 4.95. The molecule has 4 rings (SSSR count). The largest absolute Gasteiger partial charge is 0.308 e. The standard InChI is InChI=1S/C25H23F2NO/c1-4-18-16(3)14-22-19(23(18)17-10-8-15(2)9-11-17)12-13-28(22)25(29)20-6-5-7-21(26)24(20)27/h5-11,14H,4,12-13H2,1-3H3. The number of carbonyl (C=O) groups excluding carboxylic acids is 1. The fourth-order valence-corrected chi connectivity index (χ4v) is 4.27. The maximum atomic E-state index is 14.2. The zero-order valence-electron chi connectivity index (χ0n) is 16.9. The minimum Gasteiger partial charge on any atom is -0.308 e. The molecule has 1 aliphatic heterocycles. The van der Waals surface area contributed by atoms with E-state index in [1.54, 1.807) is 4.90 Å². The van der Waals surface area contributed by atoms with E-state index in [1.165, 1.54) is 23.3 Å². The number of halogens is 2. The van der Waals surface area contributed by atoms with Gasteiger partial charge in [-0.2, -0.15) is 0 Å². The average Bonchev–Trinajstić information content (AvgIpc) is 3.12. The predicted octanol–water partition coefficient (Wildman–Crippen LogP) is 6.01. The van der Waals surface area contributed by atoms with Crippen LogP contribution in [0.4, 0.5) is 14.5 Å². The summed E-state index contributed by atoms with van der Waals surface area (Å²) in [5, 5.41) is 0. The highest BCUT2D eigenvalue weighted by molar-refractivity contribution is 6.08. The third kappa shape index (κ3) is 3.23. The molecule has 148 valence electrons. The molecule has 1 aliphatic rings. The van der Waals surface area contributed by atoms with Gasteiger partial charge in [0.1, 0.15) is 0 Å². The Balaban J connectivity index is 1.86. The second kappa shape index (κ2) is 7.43. The zero-order valence-corrected chi connectivity index (χ0v) is 16.9. The van der Waals surface area contributed by atoms with Crippen molar-refractivity contribution in [2.45, 2.75) is 33.6 Å². The predicted molar refractivity (Wildman–Crippen MR) is 112 cm³/mol. The molecule has 0 radical (unpaired) electrons. The molecule has 29 heavy (non-hydrogen) atoms. The fourth-order valence-electron chi connectivity index (χ4n) is 4.27. The molecule has 0 spiro atoms. The molecular weight excluding hydrogens is 368 g/mol. The Morgan fingerprint density at radius 2 is 1.79 bits per heavy atom. The van der Waals surface area contributed by atoms with E-state index in [0.717, 1.165) is 40.4 Å². The van der Waals surface area contributed by atoms with Gasteiger partial charge >= 0.3 is 0 Å². The Hall–Kier alpha value is -3.01. The summed E-state index contributed by atoms with van der Waals surface area (Å²) in [6, 6.07) is 14.1. The van der Waals surface area contributed by atoms with Crippen LogP contribution in [-0.4, -0.2) is 12.5 Å². The maximum Gasteiger partial charge on any atom is 0.261 e. The maximum absolute atomic E-state index is 14.2. The van der Waals surface area contributed by atoms with Crippen molar-refractivity contribution in [1.29, 1.82) is 0 Å². The van der Waals surface area contributed by atoms with E-state index >= 15 is 0 Å². The normalized spacial score (nSPS) is 12.9. The number of anilines is 1. The average molecular weight is 391 g/mol. The lowest BCUT2D eigenvalue weighted by molar-refractivity contribution is 0.0984. The first-order chi connectivity index (χ1) is 13.9. The minimum atomic E-state index is -1.09. The van der Waals surface area contributed by atoms with Crippen molar-refractivity contribution in [3.63, 3.8) is 0 Å². The highest BCUT2D eigenvalue weighted by atomic mass is 19.2. The number of carbonyl (C=O) groups is 1. The van der Waals surface area contributed by atoms with E-state index in [-0.39, 0.29) is 5.56 Å². The van der Waals surface area contributed by atoms with Crippen molar-refractivity contribution >= 4 is 11.6 Å². The number of hydrogen-bond donors (Lipinski definition) is 0. The lowest BCUT2D eigenvalue weighted by Crippen LogP contribution is -2.30. The minimum absolute atomic E-state index is 0.230. The van der Waals surface area contributed by atoms with Gasteiger partial charge in [-0.15, -0.1) is 0 Å². The molecule has 0 bridgehead atoms. The third-order valence-electron chi connectivity index (χ3n) is 5.74. The van der Waals surface area contributed by atoms with Gasteiger partial charge in [0.2, 0.25) is 0 Å². The van der Waals surface area contributed by atoms with Gasteiger partial charge in [-0.05, 0) is 72.7 Å². The first kappa shape index (κ1) is 19.3. The molecular formula is C25H23F2NO. The van der Waals surface area contributed by atoms with Crippen LogP contribution in [-0.2, 0) is 12.8 Å². The Morgan fingerprint density at radius 1 is 1.07 bits per heavy atom.